The summed E-state index contributed by atoms with van der Waals surface area (Å²) in [6.45, 7) is -0.0393. The Balaban J connectivity index is 1.40. The van der Waals surface area contributed by atoms with Crippen LogP contribution in [-0.4, -0.2) is 29.0 Å². The Hall–Kier alpha value is -3.51. The van der Waals surface area contributed by atoms with Crippen LogP contribution in [0.5, 0.6) is 11.5 Å². The summed E-state index contributed by atoms with van der Waals surface area (Å²) in [7, 11) is 0. The monoisotopic (exact) mass is 416 g/mol. The van der Waals surface area contributed by atoms with Crippen LogP contribution in [0.3, 0.4) is 0 Å². The minimum atomic E-state index is -0.256. The number of carbonyl (C=O) groups excluding carboxylic acids is 2. The van der Waals surface area contributed by atoms with E-state index in [0.717, 1.165) is 17.0 Å². The third-order valence-corrected chi connectivity index (χ3v) is 5.29. The van der Waals surface area contributed by atoms with E-state index in [0.29, 0.717) is 17.2 Å². The zero-order valence-corrected chi connectivity index (χ0v) is 17.0. The molecule has 6 heteroatoms. The number of anilines is 1. The Labute approximate surface area is 179 Å². The van der Waals surface area contributed by atoms with Crippen LogP contribution >= 0.6 is 11.8 Å². The molecular weight excluding hydrogens is 396 g/mol. The Kier molecular flexibility index (Phi) is 6.15. The van der Waals surface area contributed by atoms with Crippen LogP contribution in [0, 0.1) is 0 Å². The van der Waals surface area contributed by atoms with Gasteiger partial charge >= 0.3 is 0 Å². The third-order valence-electron chi connectivity index (χ3n) is 4.48. The Morgan fingerprint density at radius 1 is 0.900 bits per heavy atom. The second kappa shape index (κ2) is 9.33. The fraction of sp³-hybridized carbons (Fsp3) is 0.0833. The summed E-state index contributed by atoms with van der Waals surface area (Å²) in [6, 6.07) is 26.2. The smallest absolute Gasteiger partial charge is 0.244 e. The predicted molar refractivity (Wildman–Crippen MR) is 120 cm³/mol. The molecule has 1 aliphatic heterocycles. The van der Waals surface area contributed by atoms with Crippen molar-refractivity contribution in [2.75, 3.05) is 17.6 Å². The van der Waals surface area contributed by atoms with Crippen molar-refractivity contribution in [1.82, 2.24) is 4.90 Å². The minimum absolute atomic E-state index is 0.0393. The maximum atomic E-state index is 12.6. The molecule has 0 unspecified atom stereocenters. The van der Waals surface area contributed by atoms with E-state index in [9.17, 15) is 9.59 Å². The summed E-state index contributed by atoms with van der Waals surface area (Å²) < 4.78 is 5.76. The van der Waals surface area contributed by atoms with Crippen molar-refractivity contribution in [2.45, 2.75) is 0 Å². The molecule has 4 rings (SSSR count). The van der Waals surface area contributed by atoms with E-state index in [1.165, 1.54) is 16.7 Å². The molecule has 30 heavy (non-hydrogen) atoms. The van der Waals surface area contributed by atoms with Crippen LogP contribution in [0.4, 0.5) is 5.69 Å². The van der Waals surface area contributed by atoms with E-state index >= 15 is 0 Å². The minimum Gasteiger partial charge on any atom is -0.457 e. The maximum absolute atomic E-state index is 12.6. The number of carbonyl (C=O) groups is 2. The number of nitrogens with zero attached hydrogens (tertiary/aromatic N) is 1. The van der Waals surface area contributed by atoms with Crippen molar-refractivity contribution in [2.24, 2.45) is 0 Å². The fourth-order valence-electron chi connectivity index (χ4n) is 3.05. The van der Waals surface area contributed by atoms with Crippen LogP contribution in [0.1, 0.15) is 5.56 Å². The number of hydrogen-bond acceptors (Lipinski definition) is 4. The van der Waals surface area contributed by atoms with Crippen LogP contribution in [0.25, 0.3) is 5.70 Å². The van der Waals surface area contributed by atoms with Gasteiger partial charge in [0, 0.05) is 5.69 Å². The number of para-hydroxylation sites is 1. The first kappa shape index (κ1) is 19.8. The highest BCUT2D eigenvalue weighted by Crippen LogP contribution is 2.28. The summed E-state index contributed by atoms with van der Waals surface area (Å²) in [5.74, 6) is 1.42. The van der Waals surface area contributed by atoms with Crippen LogP contribution in [0.15, 0.2) is 90.3 Å². The Morgan fingerprint density at radius 2 is 1.53 bits per heavy atom. The molecule has 1 aliphatic rings. The molecule has 1 N–H and O–H groups in total. The van der Waals surface area contributed by atoms with E-state index in [1.54, 1.807) is 24.3 Å². The first-order valence-electron chi connectivity index (χ1n) is 9.49. The molecule has 5 nitrogen and oxygen atoms in total. The zero-order valence-electron chi connectivity index (χ0n) is 16.2. The SMILES string of the molecule is O=C(CN1C(=O)CSC=C1c1ccccc1)Nc1ccc(Oc2ccccc2)cc1. The Morgan fingerprint density at radius 3 is 2.23 bits per heavy atom. The van der Waals surface area contributed by atoms with Gasteiger partial charge in [-0.15, -0.1) is 11.8 Å². The summed E-state index contributed by atoms with van der Waals surface area (Å²) in [5, 5.41) is 4.78. The molecule has 0 saturated carbocycles. The second-order valence-electron chi connectivity index (χ2n) is 6.65. The van der Waals surface area contributed by atoms with Gasteiger partial charge in [-0.1, -0.05) is 48.5 Å². The average Bonchev–Trinajstić information content (AvgIpc) is 2.78. The van der Waals surface area contributed by atoms with Gasteiger partial charge in [0.1, 0.15) is 18.0 Å². The molecule has 0 atom stereocenters. The zero-order chi connectivity index (χ0) is 20.8. The van der Waals surface area contributed by atoms with Crippen LogP contribution in [0.2, 0.25) is 0 Å². The quantitative estimate of drug-likeness (QED) is 0.615. The van der Waals surface area contributed by atoms with E-state index in [2.05, 4.69) is 5.32 Å². The molecular formula is C24H20N2O3S. The number of benzene rings is 3. The lowest BCUT2D eigenvalue weighted by molar-refractivity contribution is -0.129. The van der Waals surface area contributed by atoms with Crippen LogP contribution < -0.4 is 10.1 Å². The lowest BCUT2D eigenvalue weighted by Gasteiger charge is -2.28. The van der Waals surface area contributed by atoms with Gasteiger partial charge in [0.15, 0.2) is 0 Å². The van der Waals surface area contributed by atoms with Gasteiger partial charge in [0.05, 0.1) is 11.4 Å². The van der Waals surface area contributed by atoms with Gasteiger partial charge in [-0.2, -0.15) is 0 Å². The van der Waals surface area contributed by atoms with E-state index < -0.39 is 0 Å². The molecule has 0 spiro atoms. The molecule has 0 fully saturated rings. The molecule has 2 amide bonds. The van der Waals surface area contributed by atoms with E-state index in [4.69, 9.17) is 4.74 Å². The van der Waals surface area contributed by atoms with Crippen molar-refractivity contribution in [3.63, 3.8) is 0 Å². The summed E-state index contributed by atoms with van der Waals surface area (Å²) in [4.78, 5) is 26.6. The summed E-state index contributed by atoms with van der Waals surface area (Å²) >= 11 is 1.44. The molecule has 0 radical (unpaired) electrons. The fourth-order valence-corrected chi connectivity index (χ4v) is 3.85. The van der Waals surface area contributed by atoms with Crippen molar-refractivity contribution >= 4 is 35.0 Å². The maximum Gasteiger partial charge on any atom is 0.244 e. The first-order chi connectivity index (χ1) is 14.7. The second-order valence-corrected chi connectivity index (χ2v) is 7.51. The van der Waals surface area contributed by atoms with Gasteiger partial charge in [0.2, 0.25) is 11.8 Å². The molecule has 1 heterocycles. The van der Waals surface area contributed by atoms with Crippen molar-refractivity contribution in [3.8, 4) is 11.5 Å². The average molecular weight is 417 g/mol. The lowest BCUT2D eigenvalue weighted by atomic mass is 10.1. The Bertz CT molecular complexity index is 1050. The van der Waals surface area contributed by atoms with E-state index in [1.807, 2.05) is 66.1 Å². The molecule has 0 bridgehead atoms. The van der Waals surface area contributed by atoms with Crippen molar-refractivity contribution < 1.29 is 14.3 Å². The molecule has 0 aliphatic carbocycles. The number of amides is 2. The molecule has 0 aromatic heterocycles. The van der Waals surface area contributed by atoms with Crippen LogP contribution in [-0.2, 0) is 9.59 Å². The molecule has 3 aromatic rings. The standard InChI is InChI=1S/C24H20N2O3S/c27-23(15-26-22(16-30-17-24(26)28)18-7-3-1-4-8-18)25-19-11-13-21(14-12-19)29-20-9-5-2-6-10-20/h1-14,16H,15,17H2,(H,25,27). The summed E-state index contributed by atoms with van der Waals surface area (Å²) in [5.41, 5.74) is 2.30. The van der Waals surface area contributed by atoms with Gasteiger partial charge in [-0.25, -0.2) is 0 Å². The molecule has 0 saturated heterocycles. The van der Waals surface area contributed by atoms with Gasteiger partial charge in [-0.3, -0.25) is 9.59 Å². The number of hydrogen-bond donors (Lipinski definition) is 1. The third kappa shape index (κ3) is 4.90. The predicted octanol–water partition coefficient (Wildman–Crippen LogP) is 4.99. The highest BCUT2D eigenvalue weighted by Gasteiger charge is 2.25. The highest BCUT2D eigenvalue weighted by atomic mass is 32.2. The first-order valence-corrected chi connectivity index (χ1v) is 10.5. The topological polar surface area (TPSA) is 58.6 Å². The van der Waals surface area contributed by atoms with Crippen molar-refractivity contribution in [3.05, 3.63) is 95.9 Å². The van der Waals surface area contributed by atoms with Crippen molar-refractivity contribution in [1.29, 1.82) is 0 Å². The number of ether oxygens (including phenoxy) is 1. The van der Waals surface area contributed by atoms with Gasteiger partial charge in [0.25, 0.3) is 0 Å². The largest absolute Gasteiger partial charge is 0.457 e. The molecule has 150 valence electrons. The number of rotatable bonds is 6. The number of nitrogens with one attached hydrogen (secondary N) is 1. The highest BCUT2D eigenvalue weighted by molar-refractivity contribution is 8.03. The number of thioether (sulfide) groups is 1. The van der Waals surface area contributed by atoms with Gasteiger partial charge < -0.3 is 15.0 Å². The normalized spacial score (nSPS) is 13.5. The molecule has 3 aromatic carbocycles. The van der Waals surface area contributed by atoms with Gasteiger partial charge in [-0.05, 0) is 47.4 Å². The summed E-state index contributed by atoms with van der Waals surface area (Å²) in [6.07, 6.45) is 0. The van der Waals surface area contributed by atoms with E-state index in [-0.39, 0.29) is 18.4 Å². The lowest BCUT2D eigenvalue weighted by Crippen LogP contribution is -2.39.